The molecule has 0 aliphatic carbocycles. The number of hydrogen-bond donors (Lipinski definition) is 1. The lowest BCUT2D eigenvalue weighted by Crippen LogP contribution is -2.38. The van der Waals surface area contributed by atoms with Gasteiger partial charge in [0.15, 0.2) is 0 Å². The average molecular weight is 284 g/mol. The van der Waals surface area contributed by atoms with E-state index < -0.39 is 10.0 Å². The van der Waals surface area contributed by atoms with Crippen LogP contribution in [0.15, 0.2) is 17.6 Å². The highest BCUT2D eigenvalue weighted by molar-refractivity contribution is 7.89. The van der Waals surface area contributed by atoms with E-state index in [1.807, 2.05) is 6.92 Å². The molecule has 6 nitrogen and oxygen atoms in total. The number of aromatic nitrogens is 2. The Bertz CT molecular complexity index is 522. The van der Waals surface area contributed by atoms with Gasteiger partial charge in [-0.25, -0.2) is 13.4 Å². The van der Waals surface area contributed by atoms with Gasteiger partial charge in [-0.1, -0.05) is 0 Å². The van der Waals surface area contributed by atoms with E-state index in [2.05, 4.69) is 14.9 Å². The Kier molecular flexibility index (Phi) is 3.36. The Labute approximate surface area is 113 Å². The summed E-state index contributed by atoms with van der Waals surface area (Å²) in [6.45, 7) is 4.78. The molecule has 0 amide bonds. The molecule has 106 valence electrons. The average Bonchev–Trinajstić information content (AvgIpc) is 3.10. The van der Waals surface area contributed by atoms with E-state index in [9.17, 15) is 8.42 Å². The van der Waals surface area contributed by atoms with E-state index in [1.54, 1.807) is 10.5 Å². The molecule has 2 atom stereocenters. The molecule has 1 aromatic rings. The minimum atomic E-state index is -3.47. The maximum atomic E-state index is 12.5. The number of nitrogens with one attached hydrogen (secondary N) is 1. The maximum Gasteiger partial charge on any atom is 0.277 e. The summed E-state index contributed by atoms with van der Waals surface area (Å²) in [6.07, 6.45) is 6.41. The van der Waals surface area contributed by atoms with Crippen molar-refractivity contribution in [2.24, 2.45) is 0 Å². The van der Waals surface area contributed by atoms with Crippen LogP contribution in [0.4, 0.5) is 0 Å². The van der Waals surface area contributed by atoms with Crippen molar-refractivity contribution >= 4 is 10.0 Å². The first-order chi connectivity index (χ1) is 9.09. The third kappa shape index (κ3) is 2.30. The van der Waals surface area contributed by atoms with E-state index in [0.717, 1.165) is 19.5 Å². The zero-order valence-electron chi connectivity index (χ0n) is 11.1. The smallest absolute Gasteiger partial charge is 0.277 e. The van der Waals surface area contributed by atoms with Gasteiger partial charge >= 0.3 is 0 Å². The van der Waals surface area contributed by atoms with Crippen LogP contribution in [0.1, 0.15) is 26.2 Å². The van der Waals surface area contributed by atoms with E-state index >= 15 is 0 Å². The molecule has 0 radical (unpaired) electrons. The minimum absolute atomic E-state index is 0.0423. The van der Waals surface area contributed by atoms with Gasteiger partial charge in [-0.2, -0.15) is 4.31 Å². The van der Waals surface area contributed by atoms with E-state index in [-0.39, 0.29) is 11.2 Å². The zero-order valence-corrected chi connectivity index (χ0v) is 11.9. The monoisotopic (exact) mass is 284 g/mol. The molecule has 0 spiro atoms. The molecule has 2 fully saturated rings. The van der Waals surface area contributed by atoms with Gasteiger partial charge in [0, 0.05) is 31.0 Å². The molecule has 19 heavy (non-hydrogen) atoms. The summed E-state index contributed by atoms with van der Waals surface area (Å²) < 4.78 is 26.6. The predicted octanol–water partition coefficient (Wildman–Crippen LogP) is 0.657. The van der Waals surface area contributed by atoms with Gasteiger partial charge in [0.2, 0.25) is 5.16 Å². The van der Waals surface area contributed by atoms with Crippen LogP contribution >= 0.6 is 0 Å². The standard InChI is InChI=1S/C12H20N4O2S/c1-10-8-11(15-6-2-3-7-15)9-16(10)19(17,18)12-13-4-5-14-12/h4-5,10-11H,2-3,6-9H2,1H3,(H,13,14). The largest absolute Gasteiger partial charge is 0.334 e. The van der Waals surface area contributed by atoms with Crippen LogP contribution in [0.5, 0.6) is 0 Å². The van der Waals surface area contributed by atoms with Crippen molar-refractivity contribution in [2.75, 3.05) is 19.6 Å². The quantitative estimate of drug-likeness (QED) is 0.885. The Morgan fingerprint density at radius 3 is 2.74 bits per heavy atom. The second-order valence-corrected chi connectivity index (χ2v) is 7.26. The van der Waals surface area contributed by atoms with Crippen LogP contribution in [-0.2, 0) is 10.0 Å². The summed E-state index contributed by atoms with van der Waals surface area (Å²) in [6, 6.07) is 0.405. The van der Waals surface area contributed by atoms with Gasteiger partial charge in [0.05, 0.1) is 0 Å². The van der Waals surface area contributed by atoms with Crippen molar-refractivity contribution in [3.8, 4) is 0 Å². The predicted molar refractivity (Wildman–Crippen MR) is 71.2 cm³/mol. The molecule has 2 saturated heterocycles. The second kappa shape index (κ2) is 4.88. The molecule has 3 heterocycles. The highest BCUT2D eigenvalue weighted by Crippen LogP contribution is 2.28. The Morgan fingerprint density at radius 1 is 1.37 bits per heavy atom. The molecule has 2 unspecified atom stereocenters. The number of sulfonamides is 1. The van der Waals surface area contributed by atoms with E-state index in [1.165, 1.54) is 19.0 Å². The van der Waals surface area contributed by atoms with E-state index in [4.69, 9.17) is 0 Å². The van der Waals surface area contributed by atoms with Crippen molar-refractivity contribution in [2.45, 2.75) is 43.4 Å². The number of likely N-dealkylation sites (tertiary alicyclic amines) is 1. The van der Waals surface area contributed by atoms with Crippen LogP contribution in [0.25, 0.3) is 0 Å². The van der Waals surface area contributed by atoms with Crippen LogP contribution < -0.4 is 0 Å². The van der Waals surface area contributed by atoms with Gasteiger partial charge in [-0.05, 0) is 39.3 Å². The molecule has 1 N–H and O–H groups in total. The summed E-state index contributed by atoms with van der Waals surface area (Å²) in [5.74, 6) is 0. The first-order valence-corrected chi connectivity index (χ1v) is 8.28. The van der Waals surface area contributed by atoms with Crippen molar-refractivity contribution < 1.29 is 8.42 Å². The number of imidazole rings is 1. The van der Waals surface area contributed by atoms with Crippen LogP contribution in [0.2, 0.25) is 0 Å². The van der Waals surface area contributed by atoms with Gasteiger partial charge in [0.25, 0.3) is 10.0 Å². The fourth-order valence-corrected chi connectivity index (χ4v) is 4.74. The molecule has 0 saturated carbocycles. The number of rotatable bonds is 3. The summed E-state index contributed by atoms with van der Waals surface area (Å²) in [5.41, 5.74) is 0. The second-order valence-electron chi connectivity index (χ2n) is 5.45. The lowest BCUT2D eigenvalue weighted by Gasteiger charge is -2.23. The molecular formula is C12H20N4O2S. The summed E-state index contributed by atoms with van der Waals surface area (Å²) in [4.78, 5) is 9.02. The van der Waals surface area contributed by atoms with Gasteiger partial charge in [-0.15, -0.1) is 0 Å². The number of nitrogens with zero attached hydrogens (tertiary/aromatic N) is 3. The van der Waals surface area contributed by atoms with Crippen molar-refractivity contribution in [1.82, 2.24) is 19.2 Å². The molecular weight excluding hydrogens is 264 g/mol. The van der Waals surface area contributed by atoms with Gasteiger partial charge < -0.3 is 4.98 Å². The van der Waals surface area contributed by atoms with Crippen molar-refractivity contribution in [3.63, 3.8) is 0 Å². The number of H-pyrrole nitrogens is 1. The van der Waals surface area contributed by atoms with Crippen LogP contribution in [0.3, 0.4) is 0 Å². The van der Waals surface area contributed by atoms with E-state index in [0.29, 0.717) is 12.6 Å². The van der Waals surface area contributed by atoms with Crippen molar-refractivity contribution in [1.29, 1.82) is 0 Å². The molecule has 2 aliphatic heterocycles. The molecule has 2 aliphatic rings. The Hall–Kier alpha value is -0.920. The molecule has 0 aromatic carbocycles. The highest BCUT2D eigenvalue weighted by Gasteiger charge is 2.41. The highest BCUT2D eigenvalue weighted by atomic mass is 32.2. The summed E-state index contributed by atoms with van der Waals surface area (Å²) >= 11 is 0. The zero-order chi connectivity index (χ0) is 13.5. The normalized spacial score (nSPS) is 30.2. The van der Waals surface area contributed by atoms with Gasteiger partial charge in [0.1, 0.15) is 0 Å². The third-order valence-corrected chi connectivity index (χ3v) is 6.02. The van der Waals surface area contributed by atoms with Crippen LogP contribution in [-0.4, -0.2) is 59.3 Å². The summed E-state index contributed by atoms with van der Waals surface area (Å²) in [7, 11) is -3.47. The third-order valence-electron chi connectivity index (χ3n) is 4.18. The number of hydrogen-bond acceptors (Lipinski definition) is 4. The van der Waals surface area contributed by atoms with Gasteiger partial charge in [-0.3, -0.25) is 4.90 Å². The van der Waals surface area contributed by atoms with Crippen LogP contribution in [0, 0.1) is 0 Å². The fraction of sp³-hybridized carbons (Fsp3) is 0.750. The van der Waals surface area contributed by atoms with Crippen molar-refractivity contribution in [3.05, 3.63) is 12.4 Å². The first-order valence-electron chi connectivity index (χ1n) is 6.84. The molecule has 3 rings (SSSR count). The fourth-order valence-electron chi connectivity index (χ4n) is 3.18. The molecule has 7 heteroatoms. The summed E-state index contributed by atoms with van der Waals surface area (Å²) in [5, 5.41) is 0.0569. The topological polar surface area (TPSA) is 69.3 Å². The number of aromatic amines is 1. The minimum Gasteiger partial charge on any atom is -0.334 e. The maximum absolute atomic E-state index is 12.5. The molecule has 0 bridgehead atoms. The SMILES string of the molecule is CC1CC(N2CCCC2)CN1S(=O)(=O)c1ncc[nH]1. The lowest BCUT2D eigenvalue weighted by atomic mass is 10.2. The Balaban J connectivity index is 1.78. The lowest BCUT2D eigenvalue weighted by molar-refractivity contribution is 0.250. The first kappa shape index (κ1) is 13.1. The Morgan fingerprint density at radius 2 is 2.11 bits per heavy atom. The molecule has 1 aromatic heterocycles.